The Labute approximate surface area is 125 Å². The highest BCUT2D eigenvalue weighted by Gasteiger charge is 2.49. The van der Waals surface area contributed by atoms with Gasteiger partial charge in [0.1, 0.15) is 5.82 Å². The Kier molecular flexibility index (Phi) is 3.57. The summed E-state index contributed by atoms with van der Waals surface area (Å²) in [6.07, 6.45) is 6.65. The topological polar surface area (TPSA) is 0 Å². The molecule has 0 spiro atoms. The van der Waals surface area contributed by atoms with Crippen LogP contribution in [0.2, 0.25) is 0 Å². The van der Waals surface area contributed by atoms with Crippen molar-refractivity contribution in [2.75, 3.05) is 5.33 Å². The number of fused-ring (bicyclic) bond motifs is 2. The molecule has 98 valence electrons. The normalized spacial score (nSPS) is 34.2. The van der Waals surface area contributed by atoms with Gasteiger partial charge in [0.05, 0.1) is 4.47 Å². The van der Waals surface area contributed by atoms with E-state index in [2.05, 4.69) is 31.9 Å². The molecule has 0 amide bonds. The van der Waals surface area contributed by atoms with Gasteiger partial charge in [-0.1, -0.05) is 28.4 Å². The predicted octanol–water partition coefficient (Wildman–Crippen LogP) is 5.33. The number of rotatable bonds is 3. The first-order valence-corrected chi connectivity index (χ1v) is 8.54. The van der Waals surface area contributed by atoms with Crippen LogP contribution in [0.25, 0.3) is 0 Å². The van der Waals surface area contributed by atoms with E-state index in [-0.39, 0.29) is 5.82 Å². The average molecular weight is 376 g/mol. The lowest BCUT2D eigenvalue weighted by Gasteiger charge is -2.36. The van der Waals surface area contributed by atoms with E-state index < -0.39 is 0 Å². The third kappa shape index (κ3) is 2.18. The van der Waals surface area contributed by atoms with Gasteiger partial charge in [-0.25, -0.2) is 4.39 Å². The molecule has 0 aromatic heterocycles. The van der Waals surface area contributed by atoms with E-state index in [0.717, 1.165) is 23.6 Å². The van der Waals surface area contributed by atoms with Gasteiger partial charge in [-0.15, -0.1) is 0 Å². The fraction of sp³-hybridized carbons (Fsp3) is 0.600. The molecule has 18 heavy (non-hydrogen) atoms. The molecule has 2 bridgehead atoms. The average Bonchev–Trinajstić information content (AvgIpc) is 2.94. The van der Waals surface area contributed by atoms with Gasteiger partial charge < -0.3 is 0 Å². The number of hydrogen-bond donors (Lipinski definition) is 0. The van der Waals surface area contributed by atoms with Crippen molar-refractivity contribution in [1.29, 1.82) is 0 Å². The highest BCUT2D eigenvalue weighted by Crippen LogP contribution is 2.58. The zero-order valence-electron chi connectivity index (χ0n) is 10.3. The van der Waals surface area contributed by atoms with Crippen LogP contribution in [-0.2, 0) is 6.42 Å². The standard InChI is InChI=1S/C15H17Br2F/c16-9-15(7-10-1-3-12(15)5-10)8-11-2-4-14(18)13(17)6-11/h2,4,6,10,12H,1,3,5,7-9H2. The Balaban J connectivity index is 1.84. The van der Waals surface area contributed by atoms with Crippen LogP contribution in [-0.4, -0.2) is 5.33 Å². The van der Waals surface area contributed by atoms with Crippen molar-refractivity contribution >= 4 is 31.9 Å². The van der Waals surface area contributed by atoms with Gasteiger partial charge in [0, 0.05) is 5.33 Å². The summed E-state index contributed by atoms with van der Waals surface area (Å²) in [7, 11) is 0. The maximum atomic E-state index is 13.3. The van der Waals surface area contributed by atoms with Crippen LogP contribution < -0.4 is 0 Å². The molecular formula is C15H17Br2F. The first-order valence-electron chi connectivity index (χ1n) is 6.63. The molecule has 1 aromatic rings. The monoisotopic (exact) mass is 374 g/mol. The van der Waals surface area contributed by atoms with Gasteiger partial charge >= 0.3 is 0 Å². The van der Waals surface area contributed by atoms with Crippen LogP contribution in [0.3, 0.4) is 0 Å². The molecule has 3 unspecified atom stereocenters. The fourth-order valence-electron chi connectivity index (χ4n) is 4.04. The maximum absolute atomic E-state index is 13.3. The van der Waals surface area contributed by atoms with E-state index in [4.69, 9.17) is 0 Å². The van der Waals surface area contributed by atoms with Crippen molar-refractivity contribution in [2.24, 2.45) is 17.3 Å². The SMILES string of the molecule is Fc1ccc(CC2(CBr)CC3CCC2C3)cc1Br. The van der Waals surface area contributed by atoms with Gasteiger partial charge in [-0.05, 0) is 76.6 Å². The van der Waals surface area contributed by atoms with E-state index in [1.165, 1.54) is 31.2 Å². The molecule has 3 rings (SSSR count). The molecule has 0 aliphatic heterocycles. The van der Waals surface area contributed by atoms with Gasteiger partial charge in [-0.2, -0.15) is 0 Å². The van der Waals surface area contributed by atoms with Gasteiger partial charge in [0.2, 0.25) is 0 Å². The number of alkyl halides is 1. The zero-order chi connectivity index (χ0) is 12.8. The summed E-state index contributed by atoms with van der Waals surface area (Å²) in [5.41, 5.74) is 1.68. The largest absolute Gasteiger partial charge is 0.206 e. The van der Waals surface area contributed by atoms with Crippen LogP contribution in [0, 0.1) is 23.1 Å². The summed E-state index contributed by atoms with van der Waals surface area (Å²) in [6, 6.07) is 5.47. The Bertz CT molecular complexity index is 460. The first kappa shape index (κ1) is 13.1. The van der Waals surface area contributed by atoms with Gasteiger partial charge in [-0.3, -0.25) is 0 Å². The quantitative estimate of drug-likeness (QED) is 0.626. The molecule has 3 heteroatoms. The number of hydrogen-bond acceptors (Lipinski definition) is 0. The van der Waals surface area contributed by atoms with Crippen LogP contribution in [0.15, 0.2) is 22.7 Å². The minimum absolute atomic E-state index is 0.167. The molecule has 0 heterocycles. The summed E-state index contributed by atoms with van der Waals surface area (Å²) in [5, 5.41) is 1.08. The second kappa shape index (κ2) is 4.90. The second-order valence-electron chi connectivity index (χ2n) is 6.00. The molecule has 2 fully saturated rings. The molecule has 2 aliphatic carbocycles. The van der Waals surface area contributed by atoms with E-state index in [0.29, 0.717) is 9.89 Å². The molecule has 0 N–H and O–H groups in total. The summed E-state index contributed by atoms with van der Waals surface area (Å²) in [6.45, 7) is 0. The smallest absolute Gasteiger partial charge is 0.137 e. The minimum Gasteiger partial charge on any atom is -0.206 e. The predicted molar refractivity (Wildman–Crippen MR) is 79.5 cm³/mol. The van der Waals surface area contributed by atoms with E-state index >= 15 is 0 Å². The molecular weight excluding hydrogens is 359 g/mol. The van der Waals surface area contributed by atoms with Crippen molar-refractivity contribution in [3.8, 4) is 0 Å². The summed E-state index contributed by atoms with van der Waals surface area (Å²) >= 11 is 7.03. The van der Waals surface area contributed by atoms with Crippen LogP contribution in [0.4, 0.5) is 4.39 Å². The molecule has 0 radical (unpaired) electrons. The van der Waals surface area contributed by atoms with E-state index in [1.54, 1.807) is 6.07 Å². The van der Waals surface area contributed by atoms with Crippen molar-refractivity contribution in [1.82, 2.24) is 0 Å². The lowest BCUT2D eigenvalue weighted by Crippen LogP contribution is -2.32. The third-order valence-corrected chi connectivity index (χ3v) is 6.63. The lowest BCUT2D eigenvalue weighted by molar-refractivity contribution is 0.197. The Hall–Kier alpha value is 0.110. The Morgan fingerprint density at radius 3 is 2.72 bits per heavy atom. The number of benzene rings is 1. The van der Waals surface area contributed by atoms with Crippen molar-refractivity contribution in [2.45, 2.75) is 32.1 Å². The van der Waals surface area contributed by atoms with E-state index in [9.17, 15) is 4.39 Å². The van der Waals surface area contributed by atoms with E-state index in [1.807, 2.05) is 12.1 Å². The summed E-state index contributed by atoms with van der Waals surface area (Å²) < 4.78 is 13.9. The van der Waals surface area contributed by atoms with Crippen molar-refractivity contribution in [3.63, 3.8) is 0 Å². The highest BCUT2D eigenvalue weighted by molar-refractivity contribution is 9.10. The molecule has 2 saturated carbocycles. The minimum atomic E-state index is -0.167. The molecule has 1 aromatic carbocycles. The maximum Gasteiger partial charge on any atom is 0.137 e. The molecule has 0 nitrogen and oxygen atoms in total. The Morgan fingerprint density at radius 2 is 2.17 bits per heavy atom. The zero-order valence-corrected chi connectivity index (χ0v) is 13.4. The van der Waals surface area contributed by atoms with Crippen LogP contribution in [0.1, 0.15) is 31.2 Å². The van der Waals surface area contributed by atoms with Gasteiger partial charge in [0.25, 0.3) is 0 Å². The lowest BCUT2D eigenvalue weighted by atomic mass is 9.71. The van der Waals surface area contributed by atoms with Crippen molar-refractivity contribution in [3.05, 3.63) is 34.1 Å². The molecule has 0 saturated heterocycles. The van der Waals surface area contributed by atoms with Crippen LogP contribution in [0.5, 0.6) is 0 Å². The summed E-state index contributed by atoms with van der Waals surface area (Å²) in [5.74, 6) is 1.64. The highest BCUT2D eigenvalue weighted by atomic mass is 79.9. The second-order valence-corrected chi connectivity index (χ2v) is 7.42. The van der Waals surface area contributed by atoms with Crippen molar-refractivity contribution < 1.29 is 4.39 Å². The fourth-order valence-corrected chi connectivity index (χ4v) is 5.35. The summed E-state index contributed by atoms with van der Waals surface area (Å²) in [4.78, 5) is 0. The molecule has 3 atom stereocenters. The first-order chi connectivity index (χ1) is 8.63. The number of halogens is 3. The van der Waals surface area contributed by atoms with Crippen LogP contribution >= 0.6 is 31.9 Å². The van der Waals surface area contributed by atoms with Gasteiger partial charge in [0.15, 0.2) is 0 Å². The molecule has 2 aliphatic rings. The third-order valence-electron chi connectivity index (χ3n) is 4.91. The Morgan fingerprint density at radius 1 is 1.33 bits per heavy atom.